The third-order valence-electron chi connectivity index (χ3n) is 1.91. The maximum atomic E-state index is 10.4. The van der Waals surface area contributed by atoms with Crippen molar-refractivity contribution in [2.45, 2.75) is 6.32 Å². The first-order valence-electron chi connectivity index (χ1n) is 4.53. The Hall–Kier alpha value is -1.21. The van der Waals surface area contributed by atoms with Crippen LogP contribution in [0, 0.1) is 0 Å². The fourth-order valence-electron chi connectivity index (χ4n) is 1.15. The van der Waals surface area contributed by atoms with Crippen LogP contribution in [0.15, 0.2) is 18.2 Å². The van der Waals surface area contributed by atoms with Gasteiger partial charge in [0.2, 0.25) is 0 Å². The van der Waals surface area contributed by atoms with Crippen molar-refractivity contribution in [1.82, 2.24) is 0 Å². The molecule has 1 rings (SSSR count). The Labute approximate surface area is 95.2 Å². The number of phenolic OH excluding ortho intramolecular Hbond substituents is 1. The standard InChI is InChI=1S/C9H11BO5S/c10-6-7-8(11)2-1-3-9(7)15-4-5-16(12,13)14/h1-3,11H,4-6H2,(H,12,13,14). The van der Waals surface area contributed by atoms with E-state index in [1.54, 1.807) is 12.1 Å². The van der Waals surface area contributed by atoms with Crippen molar-refractivity contribution in [3.8, 4) is 11.5 Å². The lowest BCUT2D eigenvalue weighted by Gasteiger charge is -2.10. The minimum atomic E-state index is -4.04. The molecular formula is C9H11BO5S. The van der Waals surface area contributed by atoms with Crippen LogP contribution in [0.4, 0.5) is 0 Å². The first-order chi connectivity index (χ1) is 7.44. The van der Waals surface area contributed by atoms with Crippen molar-refractivity contribution in [1.29, 1.82) is 0 Å². The Bertz CT molecular complexity index is 457. The van der Waals surface area contributed by atoms with Gasteiger partial charge < -0.3 is 9.84 Å². The lowest BCUT2D eigenvalue weighted by Crippen LogP contribution is -2.13. The van der Waals surface area contributed by atoms with Gasteiger partial charge in [0.15, 0.2) is 0 Å². The van der Waals surface area contributed by atoms with Crippen molar-refractivity contribution in [3.05, 3.63) is 23.8 Å². The first-order valence-corrected chi connectivity index (χ1v) is 6.14. The van der Waals surface area contributed by atoms with Crippen LogP contribution in [0.25, 0.3) is 0 Å². The minimum Gasteiger partial charge on any atom is -0.508 e. The van der Waals surface area contributed by atoms with E-state index < -0.39 is 15.9 Å². The number of aromatic hydroxyl groups is 1. The molecule has 0 bridgehead atoms. The van der Waals surface area contributed by atoms with Crippen molar-refractivity contribution >= 4 is 18.0 Å². The van der Waals surface area contributed by atoms with Crippen molar-refractivity contribution in [2.24, 2.45) is 0 Å². The molecule has 0 spiro atoms. The molecule has 0 heterocycles. The summed E-state index contributed by atoms with van der Waals surface area (Å²) < 4.78 is 34.5. The number of rotatable bonds is 5. The zero-order valence-electron chi connectivity index (χ0n) is 8.46. The summed E-state index contributed by atoms with van der Waals surface area (Å²) in [7, 11) is 1.36. The molecule has 2 N–H and O–H groups in total. The fraction of sp³-hybridized carbons (Fsp3) is 0.333. The largest absolute Gasteiger partial charge is 0.508 e. The van der Waals surface area contributed by atoms with Gasteiger partial charge in [-0.05, 0) is 12.1 Å². The summed E-state index contributed by atoms with van der Waals surface area (Å²) >= 11 is 0. The molecule has 5 nitrogen and oxygen atoms in total. The number of hydrogen-bond acceptors (Lipinski definition) is 4. The molecule has 0 saturated heterocycles. The van der Waals surface area contributed by atoms with Gasteiger partial charge in [0, 0.05) is 5.56 Å². The SMILES string of the molecule is [B]Cc1c(O)cccc1OCCS(=O)(=O)O. The summed E-state index contributed by atoms with van der Waals surface area (Å²) in [6.07, 6.45) is 0.0773. The highest BCUT2D eigenvalue weighted by Gasteiger charge is 2.09. The van der Waals surface area contributed by atoms with Crippen LogP contribution < -0.4 is 4.74 Å². The molecule has 0 aromatic heterocycles. The minimum absolute atomic E-state index is 0.00754. The van der Waals surface area contributed by atoms with Crippen molar-refractivity contribution < 1.29 is 22.8 Å². The quantitative estimate of drug-likeness (QED) is 0.574. The van der Waals surface area contributed by atoms with Crippen molar-refractivity contribution in [2.75, 3.05) is 12.4 Å². The smallest absolute Gasteiger partial charge is 0.268 e. The fourth-order valence-corrected chi connectivity index (χ4v) is 1.45. The van der Waals surface area contributed by atoms with Crippen LogP contribution in [-0.2, 0) is 16.4 Å². The molecule has 16 heavy (non-hydrogen) atoms. The second-order valence-corrected chi connectivity index (χ2v) is 4.66. The van der Waals surface area contributed by atoms with E-state index in [0.717, 1.165) is 0 Å². The van der Waals surface area contributed by atoms with Gasteiger partial charge in [-0.25, -0.2) is 0 Å². The van der Waals surface area contributed by atoms with E-state index in [0.29, 0.717) is 11.3 Å². The molecule has 0 aliphatic heterocycles. The van der Waals surface area contributed by atoms with Crippen LogP contribution in [-0.4, -0.2) is 38.3 Å². The monoisotopic (exact) mass is 242 g/mol. The Morgan fingerprint density at radius 1 is 1.38 bits per heavy atom. The second-order valence-electron chi connectivity index (χ2n) is 3.09. The average molecular weight is 242 g/mol. The molecule has 2 radical (unpaired) electrons. The Balaban J connectivity index is 2.71. The second kappa shape index (κ2) is 5.22. The number of hydrogen-bond donors (Lipinski definition) is 2. The molecule has 0 amide bonds. The maximum Gasteiger partial charge on any atom is 0.268 e. The van der Waals surface area contributed by atoms with Gasteiger partial charge in [-0.1, -0.05) is 12.4 Å². The average Bonchev–Trinajstić information content (AvgIpc) is 2.16. The molecule has 0 aliphatic carbocycles. The maximum absolute atomic E-state index is 10.4. The molecule has 86 valence electrons. The highest BCUT2D eigenvalue weighted by atomic mass is 32.2. The summed E-state index contributed by atoms with van der Waals surface area (Å²) in [6.45, 7) is -0.199. The van der Waals surface area contributed by atoms with Gasteiger partial charge in [-0.3, -0.25) is 4.55 Å². The van der Waals surface area contributed by atoms with E-state index in [1.807, 2.05) is 0 Å². The zero-order valence-corrected chi connectivity index (χ0v) is 9.27. The highest BCUT2D eigenvalue weighted by molar-refractivity contribution is 7.85. The van der Waals surface area contributed by atoms with E-state index in [4.69, 9.17) is 17.1 Å². The van der Waals surface area contributed by atoms with E-state index in [1.165, 1.54) is 6.07 Å². The van der Waals surface area contributed by atoms with Crippen LogP contribution in [0.3, 0.4) is 0 Å². The molecule has 0 aliphatic rings. The third-order valence-corrected chi connectivity index (χ3v) is 2.59. The lowest BCUT2D eigenvalue weighted by atomic mass is 9.95. The summed E-state index contributed by atoms with van der Waals surface area (Å²) in [5.41, 5.74) is 0.401. The van der Waals surface area contributed by atoms with Gasteiger partial charge in [-0.2, -0.15) is 8.42 Å². The van der Waals surface area contributed by atoms with Crippen LogP contribution in [0.2, 0.25) is 0 Å². The van der Waals surface area contributed by atoms with Gasteiger partial charge >= 0.3 is 0 Å². The molecule has 0 fully saturated rings. The molecule has 1 aromatic rings. The topological polar surface area (TPSA) is 83.8 Å². The summed E-state index contributed by atoms with van der Waals surface area (Å²) in [4.78, 5) is 0. The normalized spacial score (nSPS) is 11.3. The first kappa shape index (κ1) is 12.9. The van der Waals surface area contributed by atoms with E-state index >= 15 is 0 Å². The molecular weight excluding hydrogens is 231 g/mol. The van der Waals surface area contributed by atoms with Gasteiger partial charge in [0.25, 0.3) is 10.1 Å². The summed E-state index contributed by atoms with van der Waals surface area (Å²) in [5.74, 6) is -0.204. The zero-order chi connectivity index (χ0) is 12.2. The van der Waals surface area contributed by atoms with Gasteiger partial charge in [0.1, 0.15) is 23.9 Å². The van der Waals surface area contributed by atoms with Gasteiger partial charge in [-0.15, -0.1) is 0 Å². The third kappa shape index (κ3) is 3.75. The van der Waals surface area contributed by atoms with Crippen LogP contribution in [0.5, 0.6) is 11.5 Å². The van der Waals surface area contributed by atoms with E-state index in [-0.39, 0.29) is 18.7 Å². The predicted molar refractivity (Wildman–Crippen MR) is 59.5 cm³/mol. The molecule has 1 aromatic carbocycles. The summed E-state index contributed by atoms with van der Waals surface area (Å²) in [6, 6.07) is 4.57. The Kier molecular flexibility index (Phi) is 4.20. The molecule has 0 unspecified atom stereocenters. The number of benzene rings is 1. The molecule has 0 saturated carbocycles. The van der Waals surface area contributed by atoms with Crippen molar-refractivity contribution in [3.63, 3.8) is 0 Å². The Morgan fingerprint density at radius 2 is 2.06 bits per heavy atom. The van der Waals surface area contributed by atoms with E-state index in [9.17, 15) is 13.5 Å². The van der Waals surface area contributed by atoms with E-state index in [2.05, 4.69) is 0 Å². The van der Waals surface area contributed by atoms with Crippen LogP contribution >= 0.6 is 0 Å². The molecule has 0 atom stereocenters. The number of phenols is 1. The lowest BCUT2D eigenvalue weighted by molar-refractivity contribution is 0.330. The molecule has 7 heteroatoms. The highest BCUT2D eigenvalue weighted by Crippen LogP contribution is 2.27. The van der Waals surface area contributed by atoms with Crippen LogP contribution in [0.1, 0.15) is 5.56 Å². The number of ether oxygens (including phenoxy) is 1. The summed E-state index contributed by atoms with van der Waals surface area (Å²) in [5, 5.41) is 9.42. The van der Waals surface area contributed by atoms with Gasteiger partial charge in [0.05, 0.1) is 7.85 Å². The Morgan fingerprint density at radius 3 is 2.62 bits per heavy atom. The predicted octanol–water partition coefficient (Wildman–Crippen LogP) is 0.327.